The van der Waals surface area contributed by atoms with Crippen LogP contribution in [0.3, 0.4) is 0 Å². The Labute approximate surface area is 140 Å². The van der Waals surface area contributed by atoms with E-state index < -0.39 is 43.2 Å². The first kappa shape index (κ1) is 22.1. The van der Waals surface area contributed by atoms with Gasteiger partial charge in [-0.3, -0.25) is 9.59 Å². The number of nitrogens with two attached hydrogens (primary N) is 1. The zero-order chi connectivity index (χ0) is 18.0. The molecule has 0 spiro atoms. The van der Waals surface area contributed by atoms with Crippen molar-refractivity contribution in [2.45, 2.75) is 50.4 Å². The average molecular weight is 354 g/mol. The number of hydrogen-bond acceptors (Lipinski definition) is 8. The molecule has 5 atom stereocenters. The molecule has 6 N–H and O–H groups in total. The first-order valence-electron chi connectivity index (χ1n) is 7.16. The van der Waals surface area contributed by atoms with Crippen molar-refractivity contribution in [3.63, 3.8) is 0 Å². The van der Waals surface area contributed by atoms with E-state index in [2.05, 4.69) is 17.9 Å². The summed E-state index contributed by atoms with van der Waals surface area (Å²) >= 11 is 3.78. The van der Waals surface area contributed by atoms with E-state index in [4.69, 9.17) is 20.3 Å². The number of ether oxygens (including phenoxy) is 2. The Kier molecular flexibility index (Phi) is 11.1. The molecule has 1 saturated heterocycles. The molecule has 23 heavy (non-hydrogen) atoms. The van der Waals surface area contributed by atoms with Crippen LogP contribution in [-0.4, -0.2) is 77.2 Å². The predicted octanol–water partition coefficient (Wildman–Crippen LogP) is -2.24. The van der Waals surface area contributed by atoms with Crippen molar-refractivity contribution in [3.8, 4) is 0 Å². The first-order valence-corrected chi connectivity index (χ1v) is 7.79. The van der Waals surface area contributed by atoms with Crippen LogP contribution in [0, 0.1) is 0 Å². The summed E-state index contributed by atoms with van der Waals surface area (Å²) in [7, 11) is 1.34. The van der Waals surface area contributed by atoms with Crippen LogP contribution in [-0.2, 0) is 19.1 Å². The Morgan fingerprint density at radius 2 is 1.96 bits per heavy atom. The van der Waals surface area contributed by atoms with Gasteiger partial charge in [-0.1, -0.05) is 6.92 Å². The van der Waals surface area contributed by atoms with Crippen LogP contribution >= 0.6 is 12.6 Å². The standard InChI is InChI=1S/C9H17NO6S.C4H9NO/c1-15-9-6(10-5(12)3-17)8(14)7(13)4(2-11)16-9;1-2-3-4(5)6/h4,6-9,11,13-14,17H,2-3H2,1H3,(H,10,12);2-3H2,1H3,(H2,5,6)/t4?,6?,7-,8-,9-;/m1./s1. The van der Waals surface area contributed by atoms with Gasteiger partial charge >= 0.3 is 0 Å². The van der Waals surface area contributed by atoms with Crippen molar-refractivity contribution in [3.05, 3.63) is 0 Å². The molecule has 0 aromatic rings. The van der Waals surface area contributed by atoms with E-state index >= 15 is 0 Å². The van der Waals surface area contributed by atoms with Crippen molar-refractivity contribution in [1.82, 2.24) is 5.32 Å². The molecule has 0 radical (unpaired) electrons. The summed E-state index contributed by atoms with van der Waals surface area (Å²) in [5.41, 5.74) is 4.76. The smallest absolute Gasteiger partial charge is 0.230 e. The highest BCUT2D eigenvalue weighted by atomic mass is 32.1. The van der Waals surface area contributed by atoms with E-state index in [-0.39, 0.29) is 11.7 Å². The SMILES string of the molecule is CCCC(N)=O.CO[C@@H]1OC(CO)[C@@H](O)[C@H](O)C1NC(=O)CS. The van der Waals surface area contributed by atoms with E-state index in [0.717, 1.165) is 6.42 Å². The predicted molar refractivity (Wildman–Crippen MR) is 84.7 cm³/mol. The molecule has 2 unspecified atom stereocenters. The summed E-state index contributed by atoms with van der Waals surface area (Å²) < 4.78 is 10.2. The van der Waals surface area contributed by atoms with Crippen LogP contribution in [0.25, 0.3) is 0 Å². The second-order valence-corrected chi connectivity index (χ2v) is 5.23. The molecule has 10 heteroatoms. The Hall–Kier alpha value is -0.910. The van der Waals surface area contributed by atoms with Gasteiger partial charge in [0, 0.05) is 13.5 Å². The van der Waals surface area contributed by atoms with E-state index in [1.54, 1.807) is 0 Å². The van der Waals surface area contributed by atoms with Crippen molar-refractivity contribution in [2.75, 3.05) is 19.5 Å². The molecule has 1 aliphatic heterocycles. The monoisotopic (exact) mass is 354 g/mol. The van der Waals surface area contributed by atoms with E-state index in [1.807, 2.05) is 6.92 Å². The molecule has 1 fully saturated rings. The highest BCUT2D eigenvalue weighted by Gasteiger charge is 2.45. The lowest BCUT2D eigenvalue weighted by Gasteiger charge is -2.41. The highest BCUT2D eigenvalue weighted by molar-refractivity contribution is 7.81. The Balaban J connectivity index is 0.000000688. The number of carbonyl (C=O) groups excluding carboxylic acids is 2. The number of primary amides is 1. The number of methoxy groups -OCH3 is 1. The van der Waals surface area contributed by atoms with Crippen LogP contribution in [0.15, 0.2) is 0 Å². The van der Waals surface area contributed by atoms with Crippen molar-refractivity contribution >= 4 is 24.4 Å². The number of aliphatic hydroxyl groups excluding tert-OH is 3. The lowest BCUT2D eigenvalue weighted by molar-refractivity contribution is -0.262. The minimum Gasteiger partial charge on any atom is -0.394 e. The zero-order valence-electron chi connectivity index (χ0n) is 13.2. The molecular weight excluding hydrogens is 328 g/mol. The van der Waals surface area contributed by atoms with Gasteiger partial charge in [0.25, 0.3) is 0 Å². The summed E-state index contributed by atoms with van der Waals surface area (Å²) in [5.74, 6) is -0.686. The van der Waals surface area contributed by atoms with Gasteiger partial charge in [0.2, 0.25) is 11.8 Å². The molecule has 1 heterocycles. The minimum absolute atomic E-state index is 0.0564. The molecule has 0 aliphatic carbocycles. The fourth-order valence-corrected chi connectivity index (χ4v) is 2.01. The van der Waals surface area contributed by atoms with Gasteiger partial charge in [-0.05, 0) is 6.42 Å². The molecular formula is C13H26N2O7S. The maximum Gasteiger partial charge on any atom is 0.230 e. The summed E-state index contributed by atoms with van der Waals surface area (Å²) in [5, 5.41) is 30.9. The summed E-state index contributed by atoms with van der Waals surface area (Å²) in [6, 6.07) is -0.905. The van der Waals surface area contributed by atoms with Crippen LogP contribution in [0.2, 0.25) is 0 Å². The van der Waals surface area contributed by atoms with Crippen molar-refractivity contribution in [2.24, 2.45) is 5.73 Å². The second-order valence-electron chi connectivity index (χ2n) is 4.91. The van der Waals surface area contributed by atoms with Gasteiger partial charge in [-0.15, -0.1) is 0 Å². The molecule has 0 aromatic heterocycles. The Bertz CT molecular complexity index is 370. The first-order chi connectivity index (χ1) is 10.8. The van der Waals surface area contributed by atoms with Crippen LogP contribution in [0.5, 0.6) is 0 Å². The maximum atomic E-state index is 11.2. The maximum absolute atomic E-state index is 11.2. The zero-order valence-corrected chi connectivity index (χ0v) is 14.1. The fourth-order valence-electron chi connectivity index (χ4n) is 1.92. The average Bonchev–Trinajstić information content (AvgIpc) is 2.52. The van der Waals surface area contributed by atoms with Crippen molar-refractivity contribution in [1.29, 1.82) is 0 Å². The van der Waals surface area contributed by atoms with Crippen LogP contribution in [0.4, 0.5) is 0 Å². The number of carbonyl (C=O) groups is 2. The number of aliphatic hydroxyl groups is 3. The van der Waals surface area contributed by atoms with Gasteiger partial charge in [0.15, 0.2) is 6.29 Å². The van der Waals surface area contributed by atoms with Crippen LogP contribution in [0.1, 0.15) is 19.8 Å². The van der Waals surface area contributed by atoms with E-state index in [1.165, 1.54) is 7.11 Å². The number of rotatable bonds is 6. The molecule has 0 bridgehead atoms. The molecule has 136 valence electrons. The van der Waals surface area contributed by atoms with E-state index in [0.29, 0.717) is 6.42 Å². The third kappa shape index (κ3) is 7.46. The topological polar surface area (TPSA) is 151 Å². The number of thiol groups is 1. The summed E-state index contributed by atoms with van der Waals surface area (Å²) in [6.45, 7) is 1.47. The number of nitrogens with one attached hydrogen (secondary N) is 1. The normalized spacial score (nSPS) is 30.1. The fraction of sp³-hybridized carbons (Fsp3) is 0.846. The molecule has 2 amide bonds. The number of amides is 2. The van der Waals surface area contributed by atoms with Gasteiger partial charge in [-0.25, -0.2) is 0 Å². The lowest BCUT2D eigenvalue weighted by Crippen LogP contribution is -2.64. The second kappa shape index (κ2) is 11.6. The number of hydrogen-bond donors (Lipinski definition) is 6. The van der Waals surface area contributed by atoms with Crippen molar-refractivity contribution < 1.29 is 34.4 Å². The molecule has 0 saturated carbocycles. The quantitative estimate of drug-likeness (QED) is 0.295. The third-order valence-corrected chi connectivity index (χ3v) is 3.37. The summed E-state index contributed by atoms with van der Waals surface area (Å²) in [4.78, 5) is 21.0. The highest BCUT2D eigenvalue weighted by Crippen LogP contribution is 2.21. The van der Waals surface area contributed by atoms with Gasteiger partial charge in [-0.2, -0.15) is 12.6 Å². The van der Waals surface area contributed by atoms with Gasteiger partial charge < -0.3 is 35.8 Å². The Morgan fingerprint density at radius 1 is 1.35 bits per heavy atom. The van der Waals surface area contributed by atoms with Gasteiger partial charge in [0.05, 0.1) is 12.4 Å². The third-order valence-electron chi connectivity index (χ3n) is 3.08. The lowest BCUT2D eigenvalue weighted by atomic mass is 9.97. The van der Waals surface area contributed by atoms with E-state index in [9.17, 15) is 19.8 Å². The minimum atomic E-state index is -1.29. The largest absolute Gasteiger partial charge is 0.394 e. The summed E-state index contributed by atoms with van der Waals surface area (Å²) in [6.07, 6.45) is -3.09. The Morgan fingerprint density at radius 3 is 2.30 bits per heavy atom. The molecule has 9 nitrogen and oxygen atoms in total. The molecule has 1 rings (SSSR count). The molecule has 0 aromatic carbocycles. The van der Waals surface area contributed by atoms with Crippen LogP contribution < -0.4 is 11.1 Å². The van der Waals surface area contributed by atoms with Gasteiger partial charge in [0.1, 0.15) is 24.4 Å². The molecule has 1 aliphatic rings.